The Labute approximate surface area is 92.4 Å². The van der Waals surface area contributed by atoms with Gasteiger partial charge in [0.25, 0.3) is 5.56 Å². The third-order valence-corrected chi connectivity index (χ3v) is 3.34. The van der Waals surface area contributed by atoms with E-state index in [1.807, 2.05) is 0 Å². The molecule has 0 spiro atoms. The van der Waals surface area contributed by atoms with Crippen molar-refractivity contribution in [2.24, 2.45) is 0 Å². The van der Waals surface area contributed by atoms with E-state index >= 15 is 0 Å². The molecule has 0 saturated carbocycles. The highest BCUT2D eigenvalue weighted by Gasteiger charge is 2.46. The predicted molar refractivity (Wildman–Crippen MR) is 57.0 cm³/mol. The number of aliphatic hydroxyl groups excluding tert-OH is 2. The van der Waals surface area contributed by atoms with Gasteiger partial charge in [-0.1, -0.05) is 6.92 Å². The summed E-state index contributed by atoms with van der Waals surface area (Å²) in [5.41, 5.74) is -1.10. The van der Waals surface area contributed by atoms with Gasteiger partial charge >= 0.3 is 0 Å². The Hall–Kier alpha value is -1.17. The van der Waals surface area contributed by atoms with E-state index in [-0.39, 0.29) is 18.4 Å². The summed E-state index contributed by atoms with van der Waals surface area (Å²) in [7, 11) is 0. The minimum atomic E-state index is -1.54. The van der Waals surface area contributed by atoms with Crippen molar-refractivity contribution in [3.05, 3.63) is 33.7 Å². The molecule has 0 amide bonds. The lowest BCUT2D eigenvalue weighted by Gasteiger charge is -2.40. The summed E-state index contributed by atoms with van der Waals surface area (Å²) in [6.45, 7) is 1.70. The monoisotopic (exact) mass is 225 g/mol. The zero-order valence-electron chi connectivity index (χ0n) is 8.97. The third-order valence-electron chi connectivity index (χ3n) is 3.34. The van der Waals surface area contributed by atoms with Crippen molar-refractivity contribution in [3.63, 3.8) is 0 Å². The van der Waals surface area contributed by atoms with Gasteiger partial charge in [-0.3, -0.25) is 4.79 Å². The molecule has 0 unspecified atom stereocenters. The maximum Gasteiger partial charge on any atom is 0.251 e. The standard InChI is InChI=1S/C11H15NO4/c1-2-11(16)7-3-4-12-10(15)6(7)5-8(13)9(11)14/h3-4,8-9,13-14,16H,2,5H2,1H3,(H,12,15)/t8-,9+,11-/m1/s1. The smallest absolute Gasteiger partial charge is 0.251 e. The highest BCUT2D eigenvalue weighted by atomic mass is 16.4. The topological polar surface area (TPSA) is 93.5 Å². The fraction of sp³-hybridized carbons (Fsp3) is 0.545. The van der Waals surface area contributed by atoms with Crippen LogP contribution in [0.5, 0.6) is 0 Å². The Bertz CT molecular complexity index is 456. The fourth-order valence-electron chi connectivity index (χ4n) is 2.32. The molecule has 0 aliphatic heterocycles. The molecule has 5 nitrogen and oxygen atoms in total. The summed E-state index contributed by atoms with van der Waals surface area (Å²) in [4.78, 5) is 14.1. The first-order valence-electron chi connectivity index (χ1n) is 5.30. The van der Waals surface area contributed by atoms with Crippen LogP contribution in [-0.2, 0) is 12.0 Å². The van der Waals surface area contributed by atoms with E-state index in [4.69, 9.17) is 0 Å². The molecule has 1 aliphatic rings. The molecule has 1 heterocycles. The zero-order valence-corrected chi connectivity index (χ0v) is 8.97. The van der Waals surface area contributed by atoms with Gasteiger partial charge in [0.15, 0.2) is 0 Å². The van der Waals surface area contributed by atoms with E-state index in [1.54, 1.807) is 13.0 Å². The molecule has 0 bridgehead atoms. The largest absolute Gasteiger partial charge is 0.390 e. The number of rotatable bonds is 1. The van der Waals surface area contributed by atoms with E-state index in [0.29, 0.717) is 11.1 Å². The average Bonchev–Trinajstić information content (AvgIpc) is 2.28. The van der Waals surface area contributed by atoms with Gasteiger partial charge in [-0.15, -0.1) is 0 Å². The maximum atomic E-state index is 11.6. The first kappa shape index (κ1) is 11.3. The van der Waals surface area contributed by atoms with Crippen molar-refractivity contribution in [2.45, 2.75) is 37.6 Å². The summed E-state index contributed by atoms with van der Waals surface area (Å²) in [5.74, 6) is 0. The molecule has 1 aromatic heterocycles. The molecule has 88 valence electrons. The average molecular weight is 225 g/mol. The second-order valence-corrected chi connectivity index (χ2v) is 4.19. The van der Waals surface area contributed by atoms with Crippen LogP contribution >= 0.6 is 0 Å². The summed E-state index contributed by atoms with van der Waals surface area (Å²) in [5, 5.41) is 29.8. The number of aromatic nitrogens is 1. The second-order valence-electron chi connectivity index (χ2n) is 4.19. The number of aliphatic hydroxyl groups is 3. The quantitative estimate of drug-likeness (QED) is 0.506. The maximum absolute atomic E-state index is 11.6. The highest BCUT2D eigenvalue weighted by Crippen LogP contribution is 2.36. The first-order chi connectivity index (χ1) is 7.50. The van der Waals surface area contributed by atoms with Crippen LogP contribution in [0, 0.1) is 0 Å². The lowest BCUT2D eigenvalue weighted by Crippen LogP contribution is -2.52. The third kappa shape index (κ3) is 1.40. The van der Waals surface area contributed by atoms with E-state index in [9.17, 15) is 20.1 Å². The lowest BCUT2D eigenvalue weighted by atomic mass is 9.75. The van der Waals surface area contributed by atoms with Crippen LogP contribution in [0.2, 0.25) is 0 Å². The summed E-state index contributed by atoms with van der Waals surface area (Å²) < 4.78 is 0. The van der Waals surface area contributed by atoms with Crippen molar-refractivity contribution < 1.29 is 15.3 Å². The molecule has 3 atom stereocenters. The van der Waals surface area contributed by atoms with Gasteiger partial charge in [0.1, 0.15) is 11.7 Å². The van der Waals surface area contributed by atoms with Gasteiger partial charge in [-0.05, 0) is 18.1 Å². The summed E-state index contributed by atoms with van der Waals surface area (Å²) in [6, 6.07) is 1.58. The van der Waals surface area contributed by atoms with Crippen molar-refractivity contribution in [1.29, 1.82) is 0 Å². The minimum Gasteiger partial charge on any atom is -0.390 e. The molecule has 5 heteroatoms. The zero-order chi connectivity index (χ0) is 11.9. The molecule has 2 rings (SSSR count). The van der Waals surface area contributed by atoms with Crippen molar-refractivity contribution in [2.75, 3.05) is 0 Å². The lowest BCUT2D eigenvalue weighted by molar-refractivity contribution is -0.140. The number of nitrogens with one attached hydrogen (secondary N) is 1. The summed E-state index contributed by atoms with van der Waals surface area (Å²) in [6.07, 6.45) is -0.629. The van der Waals surface area contributed by atoms with Crippen LogP contribution < -0.4 is 5.56 Å². The first-order valence-corrected chi connectivity index (χ1v) is 5.30. The van der Waals surface area contributed by atoms with Gasteiger partial charge in [-0.2, -0.15) is 0 Å². The minimum absolute atomic E-state index is 0.0645. The van der Waals surface area contributed by atoms with E-state index in [1.165, 1.54) is 6.20 Å². The summed E-state index contributed by atoms with van der Waals surface area (Å²) >= 11 is 0. The Morgan fingerprint density at radius 1 is 1.56 bits per heavy atom. The van der Waals surface area contributed by atoms with Crippen LogP contribution in [0.25, 0.3) is 0 Å². The number of hydrogen-bond acceptors (Lipinski definition) is 4. The number of hydrogen-bond donors (Lipinski definition) is 4. The van der Waals surface area contributed by atoms with Gasteiger partial charge in [0, 0.05) is 18.2 Å². The van der Waals surface area contributed by atoms with Gasteiger partial charge in [0.2, 0.25) is 0 Å². The molecule has 0 saturated heterocycles. The molecule has 16 heavy (non-hydrogen) atoms. The Morgan fingerprint density at radius 2 is 2.25 bits per heavy atom. The van der Waals surface area contributed by atoms with Crippen LogP contribution in [0.4, 0.5) is 0 Å². The van der Waals surface area contributed by atoms with E-state index in [2.05, 4.69) is 4.98 Å². The number of aromatic amines is 1. The second kappa shape index (κ2) is 3.69. The van der Waals surface area contributed by atoms with Crippen molar-refractivity contribution in [1.82, 2.24) is 4.98 Å². The normalized spacial score (nSPS) is 33.5. The number of fused-ring (bicyclic) bond motifs is 1. The van der Waals surface area contributed by atoms with E-state index in [0.717, 1.165) is 0 Å². The Morgan fingerprint density at radius 3 is 2.88 bits per heavy atom. The molecule has 1 aromatic rings. The highest BCUT2D eigenvalue weighted by molar-refractivity contribution is 5.35. The van der Waals surface area contributed by atoms with E-state index < -0.39 is 17.8 Å². The number of H-pyrrole nitrogens is 1. The Kier molecular flexibility index (Phi) is 2.61. The molecular formula is C11H15NO4. The molecular weight excluding hydrogens is 210 g/mol. The molecule has 1 aliphatic carbocycles. The van der Waals surface area contributed by atoms with Gasteiger partial charge < -0.3 is 20.3 Å². The van der Waals surface area contributed by atoms with Crippen molar-refractivity contribution in [3.8, 4) is 0 Å². The predicted octanol–water partition coefficient (Wildman–Crippen LogP) is -0.750. The SMILES string of the molecule is CC[C@@]1(O)c2cc[nH]c(=O)c2C[C@@H](O)[C@@H]1O. The Balaban J connectivity index is 2.66. The fourth-order valence-corrected chi connectivity index (χ4v) is 2.32. The van der Waals surface area contributed by atoms with Gasteiger partial charge in [-0.25, -0.2) is 0 Å². The number of pyridine rings is 1. The molecule has 0 aromatic carbocycles. The van der Waals surface area contributed by atoms with Crippen LogP contribution in [0.3, 0.4) is 0 Å². The molecule has 0 fully saturated rings. The van der Waals surface area contributed by atoms with Crippen molar-refractivity contribution >= 4 is 0 Å². The molecule has 0 radical (unpaired) electrons. The van der Waals surface area contributed by atoms with Crippen LogP contribution in [-0.4, -0.2) is 32.5 Å². The van der Waals surface area contributed by atoms with Crippen LogP contribution in [0.15, 0.2) is 17.1 Å². The van der Waals surface area contributed by atoms with Crippen LogP contribution in [0.1, 0.15) is 24.5 Å². The molecule has 4 N–H and O–H groups in total. The van der Waals surface area contributed by atoms with Gasteiger partial charge in [0.05, 0.1) is 6.10 Å².